The quantitative estimate of drug-likeness (QED) is 0.777. The number of nitrogens with one attached hydrogen (secondary N) is 1. The van der Waals surface area contributed by atoms with Crippen molar-refractivity contribution in [3.05, 3.63) is 59.9 Å². The van der Waals surface area contributed by atoms with Crippen molar-refractivity contribution in [3.63, 3.8) is 0 Å². The summed E-state index contributed by atoms with van der Waals surface area (Å²) in [6, 6.07) is 12.5. The summed E-state index contributed by atoms with van der Waals surface area (Å²) >= 11 is 4.00. The summed E-state index contributed by atoms with van der Waals surface area (Å²) in [6.07, 6.45) is 6.93. The number of anilines is 1. The number of hydrogen-bond acceptors (Lipinski definition) is 4. The van der Waals surface area contributed by atoms with Gasteiger partial charge in [0.05, 0.1) is 10.6 Å². The second-order valence-corrected chi connectivity index (χ2v) is 9.34. The first kappa shape index (κ1) is 17.7. The number of aromatic nitrogens is 1. The number of amides is 2. The fourth-order valence-corrected chi connectivity index (χ4v) is 6.45. The predicted octanol–water partition coefficient (Wildman–Crippen LogP) is 5.32. The van der Waals surface area contributed by atoms with E-state index in [0.717, 1.165) is 30.6 Å². The summed E-state index contributed by atoms with van der Waals surface area (Å²) in [7, 11) is 0. The molecule has 1 aromatic heterocycles. The molecule has 0 spiro atoms. The first-order chi connectivity index (χ1) is 12.8. The number of nitrogens with zero attached hydrogens (tertiary/aromatic N) is 2. The third-order valence-electron chi connectivity index (χ3n) is 4.84. The fourth-order valence-electron chi connectivity index (χ4n) is 3.58. The van der Waals surface area contributed by atoms with Crippen LogP contribution in [0.1, 0.15) is 41.0 Å². The SMILES string of the molecule is O=C(Nc1cccc(C2SCCCS2)c1)N1CCC[C@@H]1c1ccncc1. The summed E-state index contributed by atoms with van der Waals surface area (Å²) < 4.78 is 0.483. The first-order valence-electron chi connectivity index (χ1n) is 9.12. The van der Waals surface area contributed by atoms with E-state index < -0.39 is 0 Å². The van der Waals surface area contributed by atoms with E-state index in [1.54, 1.807) is 12.4 Å². The normalized spacial score (nSPS) is 20.9. The molecule has 2 saturated heterocycles. The lowest BCUT2D eigenvalue weighted by Crippen LogP contribution is -2.34. The maximum atomic E-state index is 12.9. The Morgan fingerprint density at radius 3 is 2.69 bits per heavy atom. The van der Waals surface area contributed by atoms with Crippen molar-refractivity contribution in [3.8, 4) is 0 Å². The lowest BCUT2D eigenvalue weighted by molar-refractivity contribution is 0.207. The van der Waals surface area contributed by atoms with Gasteiger partial charge >= 0.3 is 6.03 Å². The molecule has 0 unspecified atom stereocenters. The van der Waals surface area contributed by atoms with E-state index in [9.17, 15) is 4.79 Å². The highest BCUT2D eigenvalue weighted by atomic mass is 32.2. The molecule has 2 fully saturated rings. The molecule has 2 aromatic rings. The molecule has 136 valence electrons. The lowest BCUT2D eigenvalue weighted by Gasteiger charge is -2.26. The second kappa shape index (κ2) is 8.35. The summed E-state index contributed by atoms with van der Waals surface area (Å²) in [5.41, 5.74) is 3.35. The molecular formula is C20H23N3OS2. The van der Waals surface area contributed by atoms with Crippen LogP contribution in [0.2, 0.25) is 0 Å². The smallest absolute Gasteiger partial charge is 0.317 e. The molecule has 2 amide bonds. The molecule has 4 rings (SSSR count). The number of hydrogen-bond donors (Lipinski definition) is 1. The van der Waals surface area contributed by atoms with E-state index in [0.29, 0.717) is 4.58 Å². The van der Waals surface area contributed by atoms with Crippen LogP contribution in [0.3, 0.4) is 0 Å². The molecule has 0 bridgehead atoms. The lowest BCUT2D eigenvalue weighted by atomic mass is 10.1. The number of urea groups is 1. The van der Waals surface area contributed by atoms with Gasteiger partial charge in [-0.2, -0.15) is 0 Å². The number of benzene rings is 1. The minimum atomic E-state index is -0.00888. The van der Waals surface area contributed by atoms with Crippen LogP contribution in [0.25, 0.3) is 0 Å². The Balaban J connectivity index is 1.46. The molecule has 3 heterocycles. The predicted molar refractivity (Wildman–Crippen MR) is 111 cm³/mol. The number of pyridine rings is 1. The van der Waals surface area contributed by atoms with Gasteiger partial charge in [-0.1, -0.05) is 12.1 Å². The maximum absolute atomic E-state index is 12.9. The van der Waals surface area contributed by atoms with Crippen LogP contribution in [0.15, 0.2) is 48.8 Å². The van der Waals surface area contributed by atoms with Crippen molar-refractivity contribution in [2.75, 3.05) is 23.4 Å². The minimum Gasteiger partial charge on any atom is -0.317 e. The summed E-state index contributed by atoms with van der Waals surface area (Å²) in [6.45, 7) is 0.798. The van der Waals surface area contributed by atoms with Crippen LogP contribution in [0.5, 0.6) is 0 Å². The van der Waals surface area contributed by atoms with Gasteiger partial charge in [-0.3, -0.25) is 4.98 Å². The van der Waals surface area contributed by atoms with Gasteiger partial charge < -0.3 is 10.2 Å². The molecule has 1 atom stereocenters. The third-order valence-corrected chi connectivity index (χ3v) is 7.86. The average Bonchev–Trinajstić information content (AvgIpc) is 3.20. The van der Waals surface area contributed by atoms with Gasteiger partial charge in [0.15, 0.2) is 0 Å². The van der Waals surface area contributed by atoms with E-state index in [1.807, 2.05) is 52.7 Å². The van der Waals surface area contributed by atoms with Crippen molar-refractivity contribution in [2.24, 2.45) is 0 Å². The van der Waals surface area contributed by atoms with Gasteiger partial charge in [-0.25, -0.2) is 4.79 Å². The monoisotopic (exact) mass is 385 g/mol. The maximum Gasteiger partial charge on any atom is 0.322 e. The molecule has 0 saturated carbocycles. The first-order valence-corrected chi connectivity index (χ1v) is 11.2. The van der Waals surface area contributed by atoms with Gasteiger partial charge in [0.2, 0.25) is 0 Å². The second-order valence-electron chi connectivity index (χ2n) is 6.61. The topological polar surface area (TPSA) is 45.2 Å². The number of likely N-dealkylation sites (tertiary alicyclic amines) is 1. The summed E-state index contributed by atoms with van der Waals surface area (Å²) in [5.74, 6) is 2.44. The zero-order valence-corrected chi connectivity index (χ0v) is 16.3. The Morgan fingerprint density at radius 1 is 1.08 bits per heavy atom. The molecule has 6 heteroatoms. The van der Waals surface area contributed by atoms with Crippen LogP contribution < -0.4 is 5.32 Å². The molecule has 1 aromatic carbocycles. The Hall–Kier alpha value is -1.66. The largest absolute Gasteiger partial charge is 0.322 e. The van der Waals surface area contributed by atoms with E-state index in [2.05, 4.69) is 22.4 Å². The summed E-state index contributed by atoms with van der Waals surface area (Å²) in [4.78, 5) is 18.9. The fraction of sp³-hybridized carbons (Fsp3) is 0.400. The van der Waals surface area contributed by atoms with Crippen LogP contribution in [0.4, 0.5) is 10.5 Å². The molecule has 0 radical (unpaired) electrons. The number of carbonyl (C=O) groups is 1. The molecular weight excluding hydrogens is 362 g/mol. The molecule has 2 aliphatic rings. The third kappa shape index (κ3) is 4.01. The highest BCUT2D eigenvalue weighted by Gasteiger charge is 2.30. The highest BCUT2D eigenvalue weighted by Crippen LogP contribution is 2.44. The van der Waals surface area contributed by atoms with Crippen LogP contribution in [-0.4, -0.2) is 34.0 Å². The Morgan fingerprint density at radius 2 is 1.88 bits per heavy atom. The van der Waals surface area contributed by atoms with Crippen molar-refractivity contribution in [2.45, 2.75) is 29.9 Å². The molecule has 2 aliphatic heterocycles. The van der Waals surface area contributed by atoms with Crippen molar-refractivity contribution in [1.82, 2.24) is 9.88 Å². The van der Waals surface area contributed by atoms with E-state index >= 15 is 0 Å². The molecule has 26 heavy (non-hydrogen) atoms. The molecule has 4 nitrogen and oxygen atoms in total. The number of thioether (sulfide) groups is 2. The van der Waals surface area contributed by atoms with Crippen LogP contribution in [0, 0.1) is 0 Å². The zero-order valence-electron chi connectivity index (χ0n) is 14.6. The Labute approximate surface area is 163 Å². The highest BCUT2D eigenvalue weighted by molar-refractivity contribution is 8.16. The van der Waals surface area contributed by atoms with Crippen LogP contribution in [-0.2, 0) is 0 Å². The van der Waals surface area contributed by atoms with Crippen molar-refractivity contribution >= 4 is 35.2 Å². The van der Waals surface area contributed by atoms with Gasteiger partial charge in [-0.05, 0) is 66.2 Å². The van der Waals surface area contributed by atoms with E-state index in [-0.39, 0.29) is 12.1 Å². The Bertz CT molecular complexity index is 750. The molecule has 0 aliphatic carbocycles. The standard InChI is InChI=1S/C20H23N3OS2/c24-20(23-11-2-6-18(23)15-7-9-21-10-8-15)22-17-5-1-4-16(14-17)19-25-12-3-13-26-19/h1,4-5,7-10,14,18-19H,2-3,6,11-13H2,(H,22,24)/t18-/m1/s1. The summed E-state index contributed by atoms with van der Waals surface area (Å²) in [5, 5.41) is 3.12. The number of carbonyl (C=O) groups excluding carboxylic acids is 1. The minimum absolute atomic E-state index is 0.00888. The number of rotatable bonds is 3. The molecule has 1 N–H and O–H groups in total. The van der Waals surface area contributed by atoms with E-state index in [4.69, 9.17) is 0 Å². The van der Waals surface area contributed by atoms with Crippen LogP contribution >= 0.6 is 23.5 Å². The van der Waals surface area contributed by atoms with Gasteiger partial charge in [-0.15, -0.1) is 23.5 Å². The average molecular weight is 386 g/mol. The van der Waals surface area contributed by atoms with Gasteiger partial charge in [0.25, 0.3) is 0 Å². The van der Waals surface area contributed by atoms with Gasteiger partial charge in [0, 0.05) is 24.6 Å². The van der Waals surface area contributed by atoms with Crippen molar-refractivity contribution < 1.29 is 4.79 Å². The van der Waals surface area contributed by atoms with E-state index in [1.165, 1.54) is 23.5 Å². The van der Waals surface area contributed by atoms with Gasteiger partial charge in [0.1, 0.15) is 0 Å². The zero-order chi connectivity index (χ0) is 17.8. The van der Waals surface area contributed by atoms with Crippen molar-refractivity contribution in [1.29, 1.82) is 0 Å². The Kier molecular flexibility index (Phi) is 5.70.